The smallest absolute Gasteiger partial charge is 0.497 e. The van der Waals surface area contributed by atoms with Gasteiger partial charge in [0.25, 0.3) is 0 Å². The standard InChI is InChI=1S/C15H19NO2.BH4.Na/c1-16(2)15(17)9-11-4-5-13-10-14(18-3)7-6-12(13)8-11;;/h6-8,10H,4-5,9H2,1-3H3;1H4;/q;-1;+1. The Morgan fingerprint density at radius 3 is 2.60 bits per heavy atom. The van der Waals surface area contributed by atoms with Crippen molar-refractivity contribution in [2.75, 3.05) is 21.2 Å². The van der Waals surface area contributed by atoms with Crippen LogP contribution in [0.3, 0.4) is 0 Å². The first-order valence-corrected chi connectivity index (χ1v) is 6.16. The van der Waals surface area contributed by atoms with E-state index in [0.717, 1.165) is 18.6 Å². The predicted molar refractivity (Wildman–Crippen MR) is 83.9 cm³/mol. The summed E-state index contributed by atoms with van der Waals surface area (Å²) in [6.45, 7) is 0. The average molecular weight is 283 g/mol. The van der Waals surface area contributed by atoms with Crippen molar-refractivity contribution >= 4 is 20.4 Å². The number of carbonyl (C=O) groups excluding carboxylic acids is 1. The van der Waals surface area contributed by atoms with Crippen molar-refractivity contribution in [3.63, 3.8) is 0 Å². The number of aryl methyl sites for hydroxylation is 1. The van der Waals surface area contributed by atoms with E-state index in [-0.39, 0.29) is 43.9 Å². The SMILES string of the molecule is COc1ccc2c(c1)CCC(CC(=O)N(C)C)=C2.[BH4-].[Na+]. The molecule has 3 nitrogen and oxygen atoms in total. The van der Waals surface area contributed by atoms with Gasteiger partial charge >= 0.3 is 29.6 Å². The van der Waals surface area contributed by atoms with Crippen molar-refractivity contribution in [2.45, 2.75) is 19.3 Å². The van der Waals surface area contributed by atoms with Gasteiger partial charge in [-0.1, -0.05) is 26.1 Å². The zero-order valence-electron chi connectivity index (χ0n) is 12.2. The molecule has 1 aromatic carbocycles. The Morgan fingerprint density at radius 2 is 2.00 bits per heavy atom. The number of carbonyl (C=O) groups is 1. The maximum atomic E-state index is 11.7. The number of rotatable bonds is 3. The Morgan fingerprint density at radius 1 is 1.30 bits per heavy atom. The summed E-state index contributed by atoms with van der Waals surface area (Å²) in [5.74, 6) is 1.06. The van der Waals surface area contributed by atoms with Gasteiger partial charge in [-0.3, -0.25) is 4.79 Å². The van der Waals surface area contributed by atoms with E-state index in [2.05, 4.69) is 18.2 Å². The molecule has 0 radical (unpaired) electrons. The molecule has 1 aromatic rings. The Labute approximate surface area is 145 Å². The monoisotopic (exact) mass is 283 g/mol. The van der Waals surface area contributed by atoms with E-state index in [9.17, 15) is 4.79 Å². The summed E-state index contributed by atoms with van der Waals surface area (Å²) in [6, 6.07) is 6.11. The molecule has 2 rings (SSSR count). The first kappa shape index (κ1) is 19.3. The van der Waals surface area contributed by atoms with E-state index in [4.69, 9.17) is 4.74 Å². The first-order valence-electron chi connectivity index (χ1n) is 6.16. The molecule has 0 aliphatic heterocycles. The Balaban J connectivity index is 0.00000180. The maximum Gasteiger partial charge on any atom is 1.00 e. The summed E-state index contributed by atoms with van der Waals surface area (Å²) >= 11 is 0. The molecule has 0 spiro atoms. The predicted octanol–water partition coefficient (Wildman–Crippen LogP) is -1.94. The van der Waals surface area contributed by atoms with Gasteiger partial charge in [0.15, 0.2) is 0 Å². The van der Waals surface area contributed by atoms with Crippen LogP contribution in [0, 0.1) is 0 Å². The number of nitrogens with zero attached hydrogens (tertiary/aromatic N) is 1. The normalized spacial score (nSPS) is 12.2. The fraction of sp³-hybridized carbons (Fsp3) is 0.400. The van der Waals surface area contributed by atoms with Crippen LogP contribution < -0.4 is 34.3 Å². The van der Waals surface area contributed by atoms with Gasteiger partial charge in [0, 0.05) is 20.5 Å². The fourth-order valence-corrected chi connectivity index (χ4v) is 2.15. The second kappa shape index (κ2) is 8.55. The summed E-state index contributed by atoms with van der Waals surface area (Å²) in [7, 11) is 5.27. The second-order valence-electron chi connectivity index (χ2n) is 4.83. The fourth-order valence-electron chi connectivity index (χ4n) is 2.15. The van der Waals surface area contributed by atoms with Gasteiger partial charge < -0.3 is 9.64 Å². The zero-order valence-corrected chi connectivity index (χ0v) is 14.2. The van der Waals surface area contributed by atoms with E-state index in [1.807, 2.05) is 6.07 Å². The van der Waals surface area contributed by atoms with Crippen LogP contribution in [0.2, 0.25) is 0 Å². The van der Waals surface area contributed by atoms with Crippen molar-refractivity contribution in [2.24, 2.45) is 0 Å². The maximum absolute atomic E-state index is 11.7. The number of fused-ring (bicyclic) bond motifs is 1. The van der Waals surface area contributed by atoms with Crippen LogP contribution in [-0.2, 0) is 11.2 Å². The van der Waals surface area contributed by atoms with Gasteiger partial charge in [0.2, 0.25) is 5.91 Å². The van der Waals surface area contributed by atoms with Gasteiger partial charge in [-0.05, 0) is 36.1 Å². The van der Waals surface area contributed by atoms with Crippen molar-refractivity contribution in [3.05, 3.63) is 34.9 Å². The van der Waals surface area contributed by atoms with Crippen LogP contribution in [0.5, 0.6) is 5.75 Å². The van der Waals surface area contributed by atoms with E-state index in [0.29, 0.717) is 6.42 Å². The number of hydrogen-bond donors (Lipinski definition) is 0. The molecule has 0 atom stereocenters. The Kier molecular flexibility index (Phi) is 8.25. The molecule has 1 aliphatic carbocycles. The van der Waals surface area contributed by atoms with Crippen molar-refractivity contribution < 1.29 is 39.1 Å². The molecule has 0 aromatic heterocycles. The number of benzene rings is 1. The molecule has 5 heteroatoms. The van der Waals surface area contributed by atoms with Crippen molar-refractivity contribution in [1.29, 1.82) is 0 Å². The van der Waals surface area contributed by atoms with Crippen molar-refractivity contribution in [1.82, 2.24) is 4.90 Å². The molecule has 0 unspecified atom stereocenters. The van der Waals surface area contributed by atoms with Crippen LogP contribution in [0.25, 0.3) is 6.08 Å². The summed E-state index contributed by atoms with van der Waals surface area (Å²) in [5.41, 5.74) is 3.73. The van der Waals surface area contributed by atoms with Gasteiger partial charge in [0.1, 0.15) is 5.75 Å². The van der Waals surface area contributed by atoms with Gasteiger partial charge in [0.05, 0.1) is 7.11 Å². The minimum atomic E-state index is 0. The van der Waals surface area contributed by atoms with Crippen molar-refractivity contribution in [3.8, 4) is 5.75 Å². The third-order valence-electron chi connectivity index (χ3n) is 3.30. The molecule has 0 saturated heterocycles. The minimum Gasteiger partial charge on any atom is -0.497 e. The number of ether oxygens (including phenoxy) is 1. The van der Waals surface area contributed by atoms with Crippen LogP contribution in [0.4, 0.5) is 0 Å². The zero-order chi connectivity index (χ0) is 13.1. The summed E-state index contributed by atoms with van der Waals surface area (Å²) < 4.78 is 5.22. The number of hydrogen-bond acceptors (Lipinski definition) is 2. The summed E-state index contributed by atoms with van der Waals surface area (Å²) in [4.78, 5) is 13.3. The third kappa shape index (κ3) is 4.69. The molecule has 1 amide bonds. The molecule has 0 saturated carbocycles. The van der Waals surface area contributed by atoms with E-state index in [1.54, 1.807) is 26.1 Å². The molecule has 0 heterocycles. The first-order chi connectivity index (χ1) is 8.60. The molecule has 0 bridgehead atoms. The minimum absolute atomic E-state index is 0. The number of methoxy groups -OCH3 is 1. The molecular weight excluding hydrogens is 260 g/mol. The second-order valence-corrected chi connectivity index (χ2v) is 4.83. The van der Waals surface area contributed by atoms with Gasteiger partial charge in [-0.2, -0.15) is 0 Å². The summed E-state index contributed by atoms with van der Waals surface area (Å²) in [5, 5.41) is 0. The molecule has 0 fully saturated rings. The van der Waals surface area contributed by atoms with Crippen LogP contribution >= 0.6 is 0 Å². The van der Waals surface area contributed by atoms with Gasteiger partial charge in [-0.15, -0.1) is 0 Å². The van der Waals surface area contributed by atoms with Crippen LogP contribution in [-0.4, -0.2) is 40.4 Å². The van der Waals surface area contributed by atoms with E-state index >= 15 is 0 Å². The van der Waals surface area contributed by atoms with E-state index in [1.165, 1.54) is 16.7 Å². The molecule has 0 N–H and O–H groups in total. The Hall–Kier alpha value is -0.705. The number of amides is 1. The third-order valence-corrected chi connectivity index (χ3v) is 3.30. The topological polar surface area (TPSA) is 29.5 Å². The average Bonchev–Trinajstić information content (AvgIpc) is 2.37. The van der Waals surface area contributed by atoms with E-state index < -0.39 is 0 Å². The molecule has 104 valence electrons. The Bertz CT molecular complexity index is 501. The van der Waals surface area contributed by atoms with Gasteiger partial charge in [-0.25, -0.2) is 0 Å². The molecular formula is C15H23BNNaO2. The largest absolute Gasteiger partial charge is 1.00 e. The molecule has 1 aliphatic rings. The van der Waals surface area contributed by atoms with Crippen LogP contribution in [0.1, 0.15) is 24.0 Å². The summed E-state index contributed by atoms with van der Waals surface area (Å²) in [6.07, 6.45) is 4.61. The molecule has 20 heavy (non-hydrogen) atoms. The quantitative estimate of drug-likeness (QED) is 0.604. The van der Waals surface area contributed by atoms with Crippen LogP contribution in [0.15, 0.2) is 23.8 Å².